The van der Waals surface area contributed by atoms with E-state index in [-0.39, 0.29) is 0 Å². The van der Waals surface area contributed by atoms with Gasteiger partial charge in [-0.2, -0.15) is 0 Å². The van der Waals surface area contributed by atoms with Crippen LogP contribution >= 0.6 is 27.7 Å². The Kier molecular flexibility index (Phi) is 6.14. The number of hydrogen-bond donors (Lipinski definition) is 1. The summed E-state index contributed by atoms with van der Waals surface area (Å²) in [4.78, 5) is 2.61. The van der Waals surface area contributed by atoms with Gasteiger partial charge in [0.15, 0.2) is 0 Å². The fraction of sp³-hybridized carbons (Fsp3) is 0.294. The molecule has 20 heavy (non-hydrogen) atoms. The highest BCUT2D eigenvalue weighted by Crippen LogP contribution is 2.31. The van der Waals surface area contributed by atoms with Crippen LogP contribution in [0.4, 0.5) is 0 Å². The Balaban J connectivity index is 2.15. The van der Waals surface area contributed by atoms with Gasteiger partial charge < -0.3 is 5.32 Å². The summed E-state index contributed by atoms with van der Waals surface area (Å²) in [5.74, 6) is 0. The molecule has 0 heterocycles. The highest BCUT2D eigenvalue weighted by atomic mass is 79.9. The lowest BCUT2D eigenvalue weighted by molar-refractivity contribution is 0.669. The average molecular weight is 350 g/mol. The van der Waals surface area contributed by atoms with E-state index in [4.69, 9.17) is 0 Å². The van der Waals surface area contributed by atoms with Gasteiger partial charge in [0.2, 0.25) is 0 Å². The second-order valence-electron chi connectivity index (χ2n) is 4.84. The van der Waals surface area contributed by atoms with Gasteiger partial charge in [-0.25, -0.2) is 0 Å². The van der Waals surface area contributed by atoms with E-state index in [0.29, 0.717) is 0 Å². The molecule has 106 valence electrons. The highest BCUT2D eigenvalue weighted by Gasteiger charge is 2.05. The third-order valence-corrected chi connectivity index (χ3v) is 4.65. The van der Waals surface area contributed by atoms with E-state index in [9.17, 15) is 0 Å². The number of halogens is 1. The van der Waals surface area contributed by atoms with Crippen LogP contribution in [-0.2, 0) is 6.54 Å². The third kappa shape index (κ3) is 4.65. The minimum Gasteiger partial charge on any atom is -0.313 e. The van der Waals surface area contributed by atoms with E-state index in [1.807, 2.05) is 11.8 Å². The molecule has 0 spiro atoms. The molecule has 0 atom stereocenters. The summed E-state index contributed by atoms with van der Waals surface area (Å²) < 4.78 is 1.12. The van der Waals surface area contributed by atoms with Crippen molar-refractivity contribution in [3.8, 4) is 0 Å². The van der Waals surface area contributed by atoms with Gasteiger partial charge in [-0.15, -0.1) is 0 Å². The van der Waals surface area contributed by atoms with Crippen LogP contribution in [0, 0.1) is 6.92 Å². The Hall–Kier alpha value is -0.770. The molecule has 0 bridgehead atoms. The molecule has 0 aliphatic carbocycles. The number of nitrogens with one attached hydrogen (secondary N) is 1. The van der Waals surface area contributed by atoms with Crippen molar-refractivity contribution in [1.82, 2.24) is 5.32 Å². The van der Waals surface area contributed by atoms with Gasteiger partial charge in [-0.1, -0.05) is 52.3 Å². The van der Waals surface area contributed by atoms with Crippen molar-refractivity contribution in [3.05, 3.63) is 58.1 Å². The summed E-state index contributed by atoms with van der Waals surface area (Å²) in [6.45, 7) is 6.35. The van der Waals surface area contributed by atoms with Gasteiger partial charge in [-0.3, -0.25) is 0 Å². The smallest absolute Gasteiger partial charge is 0.0216 e. The summed E-state index contributed by atoms with van der Waals surface area (Å²) in [7, 11) is 0. The fourth-order valence-corrected chi connectivity index (χ4v) is 3.16. The molecular formula is C17H20BrNS. The van der Waals surface area contributed by atoms with Gasteiger partial charge in [0, 0.05) is 20.8 Å². The van der Waals surface area contributed by atoms with Gasteiger partial charge in [0.25, 0.3) is 0 Å². The van der Waals surface area contributed by atoms with E-state index in [1.54, 1.807) is 0 Å². The number of benzene rings is 2. The van der Waals surface area contributed by atoms with Gasteiger partial charge in [-0.05, 0) is 55.8 Å². The normalized spacial score (nSPS) is 10.8. The van der Waals surface area contributed by atoms with Crippen molar-refractivity contribution in [1.29, 1.82) is 0 Å². The quantitative estimate of drug-likeness (QED) is 0.699. The lowest BCUT2D eigenvalue weighted by Gasteiger charge is -2.11. The van der Waals surface area contributed by atoms with E-state index < -0.39 is 0 Å². The first-order valence-electron chi connectivity index (χ1n) is 6.92. The second-order valence-corrected chi connectivity index (χ2v) is 6.87. The topological polar surface area (TPSA) is 12.0 Å². The zero-order chi connectivity index (χ0) is 14.4. The first-order chi connectivity index (χ1) is 9.69. The summed E-state index contributed by atoms with van der Waals surface area (Å²) in [5, 5.41) is 3.49. The Labute approximate surface area is 134 Å². The maximum absolute atomic E-state index is 3.49. The van der Waals surface area contributed by atoms with Crippen LogP contribution in [0.5, 0.6) is 0 Å². The van der Waals surface area contributed by atoms with Crippen LogP contribution in [0.15, 0.2) is 56.7 Å². The summed E-state index contributed by atoms with van der Waals surface area (Å²) in [5.41, 5.74) is 2.70. The van der Waals surface area contributed by atoms with E-state index in [0.717, 1.165) is 17.6 Å². The Morgan fingerprint density at radius 1 is 1.10 bits per heavy atom. The zero-order valence-electron chi connectivity index (χ0n) is 11.9. The zero-order valence-corrected chi connectivity index (χ0v) is 14.4. The Morgan fingerprint density at radius 3 is 2.55 bits per heavy atom. The molecule has 0 radical (unpaired) electrons. The van der Waals surface area contributed by atoms with Gasteiger partial charge >= 0.3 is 0 Å². The van der Waals surface area contributed by atoms with Crippen LogP contribution in [-0.4, -0.2) is 6.54 Å². The first-order valence-corrected chi connectivity index (χ1v) is 8.53. The van der Waals surface area contributed by atoms with Crippen LogP contribution in [0.25, 0.3) is 0 Å². The van der Waals surface area contributed by atoms with Crippen LogP contribution in [0.1, 0.15) is 24.5 Å². The van der Waals surface area contributed by atoms with E-state index >= 15 is 0 Å². The molecule has 0 saturated carbocycles. The lowest BCUT2D eigenvalue weighted by Crippen LogP contribution is -2.14. The Morgan fingerprint density at radius 2 is 1.85 bits per heavy atom. The van der Waals surface area contributed by atoms with Crippen LogP contribution in [0.3, 0.4) is 0 Å². The van der Waals surface area contributed by atoms with Crippen molar-refractivity contribution in [2.24, 2.45) is 0 Å². The summed E-state index contributed by atoms with van der Waals surface area (Å²) in [6.07, 6.45) is 1.17. The molecule has 3 heteroatoms. The summed E-state index contributed by atoms with van der Waals surface area (Å²) in [6, 6.07) is 15.2. The molecule has 2 rings (SSSR count). The largest absolute Gasteiger partial charge is 0.313 e. The standard InChI is InChI=1S/C17H20BrNS/c1-3-10-19-12-14-11-13(2)4-9-17(14)20-16-7-5-15(18)6-8-16/h4-9,11,19H,3,10,12H2,1-2H3. The monoisotopic (exact) mass is 349 g/mol. The fourth-order valence-electron chi connectivity index (χ4n) is 1.98. The van der Waals surface area contributed by atoms with E-state index in [2.05, 4.69) is 77.6 Å². The molecule has 0 aliphatic rings. The molecule has 2 aromatic carbocycles. The van der Waals surface area contributed by atoms with Crippen molar-refractivity contribution in [2.75, 3.05) is 6.54 Å². The number of hydrogen-bond acceptors (Lipinski definition) is 2. The maximum Gasteiger partial charge on any atom is 0.0216 e. The Bertz CT molecular complexity index is 551. The first kappa shape index (κ1) is 15.6. The average Bonchev–Trinajstić information content (AvgIpc) is 2.44. The molecule has 2 aromatic rings. The minimum atomic E-state index is 0.939. The van der Waals surface area contributed by atoms with Crippen molar-refractivity contribution < 1.29 is 0 Å². The van der Waals surface area contributed by atoms with Crippen LogP contribution in [0.2, 0.25) is 0 Å². The molecule has 0 aliphatic heterocycles. The molecule has 1 nitrogen and oxygen atoms in total. The predicted molar refractivity (Wildman–Crippen MR) is 91.4 cm³/mol. The van der Waals surface area contributed by atoms with Gasteiger partial charge in [0.05, 0.1) is 0 Å². The number of aryl methyl sites for hydroxylation is 1. The van der Waals surface area contributed by atoms with Gasteiger partial charge in [0.1, 0.15) is 0 Å². The van der Waals surface area contributed by atoms with Crippen LogP contribution < -0.4 is 5.32 Å². The third-order valence-electron chi connectivity index (χ3n) is 3.00. The van der Waals surface area contributed by atoms with Crippen molar-refractivity contribution >= 4 is 27.7 Å². The highest BCUT2D eigenvalue weighted by molar-refractivity contribution is 9.10. The van der Waals surface area contributed by atoms with Crippen molar-refractivity contribution in [2.45, 2.75) is 36.6 Å². The SMILES string of the molecule is CCCNCc1cc(C)ccc1Sc1ccc(Br)cc1. The molecule has 0 fully saturated rings. The molecular weight excluding hydrogens is 330 g/mol. The molecule has 0 aromatic heterocycles. The molecule has 0 amide bonds. The number of rotatable bonds is 6. The molecule has 1 N–H and O–H groups in total. The van der Waals surface area contributed by atoms with E-state index in [1.165, 1.54) is 27.3 Å². The summed E-state index contributed by atoms with van der Waals surface area (Å²) >= 11 is 5.31. The lowest BCUT2D eigenvalue weighted by atomic mass is 10.1. The van der Waals surface area contributed by atoms with Crippen molar-refractivity contribution in [3.63, 3.8) is 0 Å². The predicted octanol–water partition coefficient (Wildman–Crippen LogP) is 5.41. The minimum absolute atomic E-state index is 0.939. The molecule has 0 saturated heterocycles. The second kappa shape index (κ2) is 7.87. The maximum atomic E-state index is 3.49. The molecule has 0 unspecified atom stereocenters.